The Kier molecular flexibility index (Phi) is 8.11. The average molecular weight is 466 g/mol. The number of halogens is 1. The second-order valence-electron chi connectivity index (χ2n) is 9.51. The van der Waals surface area contributed by atoms with E-state index in [9.17, 15) is 4.79 Å². The van der Waals surface area contributed by atoms with Crippen LogP contribution in [0.1, 0.15) is 54.7 Å². The van der Waals surface area contributed by atoms with Crippen LogP contribution in [-0.2, 0) is 6.42 Å². The lowest BCUT2D eigenvalue weighted by Crippen LogP contribution is -2.48. The lowest BCUT2D eigenvalue weighted by atomic mass is 9.89. The van der Waals surface area contributed by atoms with Gasteiger partial charge in [-0.15, -0.1) is 12.4 Å². The van der Waals surface area contributed by atoms with Crippen LogP contribution in [0.15, 0.2) is 54.6 Å². The first-order chi connectivity index (χ1) is 15.8. The molecule has 3 aliphatic heterocycles. The average Bonchev–Trinajstić information content (AvgIpc) is 3.37. The van der Waals surface area contributed by atoms with Gasteiger partial charge >= 0.3 is 6.03 Å². The van der Waals surface area contributed by atoms with Gasteiger partial charge in [0.05, 0.1) is 0 Å². The molecule has 2 amide bonds. The Balaban J connectivity index is 0.00000259. The molecule has 0 aliphatic carbocycles. The molecule has 3 heterocycles. The van der Waals surface area contributed by atoms with Gasteiger partial charge in [-0.25, -0.2) is 4.79 Å². The number of anilines is 1. The Hall–Kier alpha value is -2.30. The fraction of sp³-hybridized carbons (Fsp3) is 0.464. The third-order valence-electron chi connectivity index (χ3n) is 7.36. The van der Waals surface area contributed by atoms with E-state index in [-0.39, 0.29) is 18.4 Å². The number of aryl methyl sites for hydroxylation is 1. The van der Waals surface area contributed by atoms with Gasteiger partial charge in [-0.2, -0.15) is 0 Å². The van der Waals surface area contributed by atoms with Gasteiger partial charge < -0.3 is 4.90 Å². The minimum absolute atomic E-state index is 0. The topological polar surface area (TPSA) is 26.8 Å². The molecule has 5 rings (SSSR count). The van der Waals surface area contributed by atoms with Gasteiger partial charge in [-0.1, -0.05) is 48.6 Å². The van der Waals surface area contributed by atoms with Crippen LogP contribution < -0.4 is 4.90 Å². The number of rotatable bonds is 4. The van der Waals surface area contributed by atoms with Crippen molar-refractivity contribution in [2.45, 2.75) is 44.4 Å². The van der Waals surface area contributed by atoms with Gasteiger partial charge in [-0.05, 0) is 86.4 Å². The van der Waals surface area contributed by atoms with Crippen LogP contribution in [0.25, 0.3) is 6.08 Å². The summed E-state index contributed by atoms with van der Waals surface area (Å²) in [5, 5.41) is 0. The van der Waals surface area contributed by atoms with Crippen molar-refractivity contribution in [1.82, 2.24) is 9.80 Å². The van der Waals surface area contributed by atoms with Crippen LogP contribution in [0.3, 0.4) is 0 Å². The van der Waals surface area contributed by atoms with Gasteiger partial charge in [-0.3, -0.25) is 9.80 Å². The lowest BCUT2D eigenvalue weighted by molar-refractivity contribution is 0.187. The first kappa shape index (κ1) is 23.8. The van der Waals surface area contributed by atoms with Crippen LogP contribution in [0.4, 0.5) is 10.5 Å². The van der Waals surface area contributed by atoms with E-state index in [0.29, 0.717) is 5.92 Å². The highest BCUT2D eigenvalue weighted by molar-refractivity contribution is 5.93. The third-order valence-corrected chi connectivity index (χ3v) is 7.36. The van der Waals surface area contributed by atoms with Crippen LogP contribution in [0, 0.1) is 0 Å². The molecule has 2 fully saturated rings. The molecule has 0 spiro atoms. The molecule has 33 heavy (non-hydrogen) atoms. The molecular weight excluding hydrogens is 430 g/mol. The van der Waals surface area contributed by atoms with Crippen molar-refractivity contribution < 1.29 is 4.79 Å². The predicted octanol–water partition coefficient (Wildman–Crippen LogP) is 5.97. The molecule has 0 atom stereocenters. The fourth-order valence-electron chi connectivity index (χ4n) is 5.52. The SMILES string of the molecule is Cl.O=C(N1CCC(c2ccccc2)CC1)N1CCCc2cc(C=CCN3CCCC3)ccc21. The third kappa shape index (κ3) is 5.62. The van der Waals surface area contributed by atoms with Crippen LogP contribution in [0.2, 0.25) is 0 Å². The number of benzene rings is 2. The predicted molar refractivity (Wildman–Crippen MR) is 139 cm³/mol. The first-order valence-corrected chi connectivity index (χ1v) is 12.4. The van der Waals surface area contributed by atoms with Gasteiger partial charge in [0.25, 0.3) is 0 Å². The van der Waals surface area contributed by atoms with Crippen molar-refractivity contribution in [3.05, 3.63) is 71.3 Å². The second-order valence-corrected chi connectivity index (χ2v) is 9.51. The van der Waals surface area contributed by atoms with E-state index in [4.69, 9.17) is 0 Å². The molecule has 0 aromatic heterocycles. The summed E-state index contributed by atoms with van der Waals surface area (Å²) in [7, 11) is 0. The molecule has 2 aromatic carbocycles. The molecule has 0 bridgehead atoms. The van der Waals surface area contributed by atoms with Crippen molar-refractivity contribution >= 4 is 30.2 Å². The van der Waals surface area contributed by atoms with Crippen molar-refractivity contribution in [1.29, 1.82) is 0 Å². The van der Waals surface area contributed by atoms with Gasteiger partial charge in [0.2, 0.25) is 0 Å². The molecule has 5 heteroatoms. The maximum absolute atomic E-state index is 13.4. The van der Waals surface area contributed by atoms with Crippen molar-refractivity contribution in [2.24, 2.45) is 0 Å². The Morgan fingerprint density at radius 3 is 2.42 bits per heavy atom. The number of carbonyl (C=O) groups is 1. The number of urea groups is 1. The molecule has 0 saturated carbocycles. The molecule has 2 aromatic rings. The quantitative estimate of drug-likeness (QED) is 0.556. The van der Waals surface area contributed by atoms with E-state index in [1.165, 1.54) is 42.6 Å². The summed E-state index contributed by atoms with van der Waals surface area (Å²) in [6.07, 6.45) is 11.4. The normalized spacial score (nSPS) is 19.5. The molecular formula is C28H36ClN3O. The molecule has 4 nitrogen and oxygen atoms in total. The summed E-state index contributed by atoms with van der Waals surface area (Å²) in [5.74, 6) is 0.573. The lowest BCUT2D eigenvalue weighted by Gasteiger charge is -2.38. The van der Waals surface area contributed by atoms with E-state index in [0.717, 1.165) is 57.5 Å². The standard InChI is InChI=1S/C28H35N3O.ClH/c32-28(30-20-14-25(15-21-30)24-9-2-1-3-10-24)31-19-7-11-26-22-23(12-13-27(26)31)8-6-18-29-16-4-5-17-29;/h1-3,6,8-10,12-13,22,25H,4-5,7,11,14-21H2;1H. The molecule has 0 radical (unpaired) electrons. The highest BCUT2D eigenvalue weighted by Crippen LogP contribution is 2.32. The summed E-state index contributed by atoms with van der Waals surface area (Å²) in [6, 6.07) is 17.6. The number of carbonyl (C=O) groups excluding carboxylic acids is 1. The molecule has 2 saturated heterocycles. The van der Waals surface area contributed by atoms with Crippen LogP contribution in [-0.4, -0.2) is 55.1 Å². The van der Waals surface area contributed by atoms with E-state index in [1.807, 2.05) is 4.90 Å². The van der Waals surface area contributed by atoms with Crippen molar-refractivity contribution in [3.63, 3.8) is 0 Å². The zero-order valence-corrected chi connectivity index (χ0v) is 20.3. The van der Waals surface area contributed by atoms with Gasteiger partial charge in [0.1, 0.15) is 0 Å². The number of hydrogen-bond donors (Lipinski definition) is 0. The Labute approximate surface area is 204 Å². The molecule has 3 aliphatic rings. The summed E-state index contributed by atoms with van der Waals surface area (Å²) in [4.78, 5) is 20.0. The summed E-state index contributed by atoms with van der Waals surface area (Å²) < 4.78 is 0. The Morgan fingerprint density at radius 1 is 0.909 bits per heavy atom. The van der Waals surface area contributed by atoms with Crippen LogP contribution >= 0.6 is 12.4 Å². The number of hydrogen-bond acceptors (Lipinski definition) is 2. The minimum atomic E-state index is 0. The minimum Gasteiger partial charge on any atom is -0.324 e. The monoisotopic (exact) mass is 465 g/mol. The highest BCUT2D eigenvalue weighted by atomic mass is 35.5. The molecule has 176 valence electrons. The number of nitrogens with zero attached hydrogens (tertiary/aromatic N) is 3. The van der Waals surface area contributed by atoms with E-state index in [2.05, 4.69) is 70.5 Å². The number of likely N-dealkylation sites (tertiary alicyclic amines) is 2. The summed E-state index contributed by atoms with van der Waals surface area (Å²) in [6.45, 7) is 6.03. The Morgan fingerprint density at radius 2 is 1.67 bits per heavy atom. The number of piperidine rings is 1. The van der Waals surface area contributed by atoms with E-state index < -0.39 is 0 Å². The van der Waals surface area contributed by atoms with Gasteiger partial charge in [0.15, 0.2) is 0 Å². The largest absolute Gasteiger partial charge is 0.324 e. The fourth-order valence-corrected chi connectivity index (χ4v) is 5.52. The maximum Gasteiger partial charge on any atom is 0.324 e. The summed E-state index contributed by atoms with van der Waals surface area (Å²) in [5.41, 5.74) is 5.09. The van der Waals surface area contributed by atoms with E-state index >= 15 is 0 Å². The molecule has 0 unspecified atom stereocenters. The number of fused-ring (bicyclic) bond motifs is 1. The first-order valence-electron chi connectivity index (χ1n) is 12.4. The zero-order chi connectivity index (χ0) is 21.8. The van der Waals surface area contributed by atoms with Crippen LogP contribution in [0.5, 0.6) is 0 Å². The van der Waals surface area contributed by atoms with E-state index in [1.54, 1.807) is 0 Å². The van der Waals surface area contributed by atoms with Crippen molar-refractivity contribution in [3.8, 4) is 0 Å². The molecule has 0 N–H and O–H groups in total. The van der Waals surface area contributed by atoms with Crippen molar-refractivity contribution in [2.75, 3.05) is 44.2 Å². The second kappa shape index (κ2) is 11.2. The van der Waals surface area contributed by atoms with Gasteiger partial charge in [0, 0.05) is 31.9 Å². The summed E-state index contributed by atoms with van der Waals surface area (Å²) >= 11 is 0. The zero-order valence-electron chi connectivity index (χ0n) is 19.5. The number of amides is 2. The Bertz CT molecular complexity index is 947. The highest BCUT2D eigenvalue weighted by Gasteiger charge is 2.30. The smallest absolute Gasteiger partial charge is 0.324 e. The maximum atomic E-state index is 13.4.